The Labute approximate surface area is 107 Å². The summed E-state index contributed by atoms with van der Waals surface area (Å²) in [7, 11) is -3.42. The van der Waals surface area contributed by atoms with Crippen molar-refractivity contribution < 1.29 is 8.42 Å². The zero-order chi connectivity index (χ0) is 13.2. The molecule has 0 fully saturated rings. The Morgan fingerprint density at radius 1 is 1.41 bits per heavy atom. The third-order valence-electron chi connectivity index (χ3n) is 2.76. The van der Waals surface area contributed by atoms with Crippen LogP contribution in [0, 0.1) is 12.8 Å². The van der Waals surface area contributed by atoms with Gasteiger partial charge in [-0.1, -0.05) is 13.8 Å². The smallest absolute Gasteiger partial charge is 0.241 e. The second-order valence-electron chi connectivity index (χ2n) is 4.49. The molecular weight excluding hydrogens is 256 g/mol. The number of nitrogens with one attached hydrogen (secondary N) is 1. The molecule has 4 nitrogen and oxygen atoms in total. The number of hydrogen-bond donors (Lipinski definition) is 2. The number of thiophene rings is 1. The van der Waals surface area contributed by atoms with Gasteiger partial charge in [0.1, 0.15) is 0 Å². The van der Waals surface area contributed by atoms with Gasteiger partial charge in [0.15, 0.2) is 0 Å². The summed E-state index contributed by atoms with van der Waals surface area (Å²) in [5, 5.41) is 0. The molecule has 0 saturated heterocycles. The van der Waals surface area contributed by atoms with Crippen molar-refractivity contribution in [1.82, 2.24) is 4.72 Å². The van der Waals surface area contributed by atoms with Crippen LogP contribution in [0.5, 0.6) is 0 Å². The molecule has 3 N–H and O–H groups in total. The first-order valence-corrected chi connectivity index (χ1v) is 7.89. The summed E-state index contributed by atoms with van der Waals surface area (Å²) in [5.74, 6) is 0.262. The summed E-state index contributed by atoms with van der Waals surface area (Å²) >= 11 is 1.43. The van der Waals surface area contributed by atoms with Gasteiger partial charge in [0.2, 0.25) is 10.0 Å². The van der Waals surface area contributed by atoms with Crippen molar-refractivity contribution in [1.29, 1.82) is 0 Å². The van der Waals surface area contributed by atoms with Crippen molar-refractivity contribution in [2.75, 3.05) is 0 Å². The number of aryl methyl sites for hydroxylation is 1. The molecule has 0 bridgehead atoms. The molecule has 0 radical (unpaired) electrons. The lowest BCUT2D eigenvalue weighted by Gasteiger charge is -2.17. The fraction of sp³-hybridized carbons (Fsp3) is 0.636. The zero-order valence-corrected chi connectivity index (χ0v) is 12.3. The average molecular weight is 276 g/mol. The Balaban J connectivity index is 3.01. The van der Waals surface area contributed by atoms with Gasteiger partial charge in [0.25, 0.3) is 0 Å². The zero-order valence-electron chi connectivity index (χ0n) is 10.6. The second-order valence-corrected chi connectivity index (χ2v) is 7.51. The van der Waals surface area contributed by atoms with Gasteiger partial charge < -0.3 is 5.73 Å². The predicted octanol–water partition coefficient (Wildman–Crippen LogP) is 1.84. The molecule has 1 aromatic heterocycles. The van der Waals surface area contributed by atoms with Gasteiger partial charge in [-0.2, -0.15) is 0 Å². The van der Waals surface area contributed by atoms with E-state index in [0.29, 0.717) is 11.4 Å². The maximum absolute atomic E-state index is 12.2. The third-order valence-corrected chi connectivity index (χ3v) is 5.64. The van der Waals surface area contributed by atoms with Crippen LogP contribution in [0.1, 0.15) is 30.5 Å². The first-order chi connectivity index (χ1) is 7.77. The molecule has 6 heteroatoms. The van der Waals surface area contributed by atoms with E-state index in [4.69, 9.17) is 5.73 Å². The predicted molar refractivity (Wildman–Crippen MR) is 71.6 cm³/mol. The minimum Gasteiger partial charge on any atom is -0.326 e. The minimum atomic E-state index is -3.42. The van der Waals surface area contributed by atoms with E-state index in [1.54, 1.807) is 13.0 Å². The van der Waals surface area contributed by atoms with E-state index >= 15 is 0 Å². The van der Waals surface area contributed by atoms with E-state index in [1.807, 2.05) is 20.8 Å². The van der Waals surface area contributed by atoms with Crippen molar-refractivity contribution in [3.63, 3.8) is 0 Å². The van der Waals surface area contributed by atoms with E-state index in [-0.39, 0.29) is 12.0 Å². The SMILES string of the molecule is Cc1sc(CN)cc1S(=O)(=O)NC(C)C(C)C. The molecule has 0 aliphatic rings. The molecule has 0 aliphatic heterocycles. The molecule has 0 aliphatic carbocycles. The molecule has 0 aromatic carbocycles. The highest BCUT2D eigenvalue weighted by atomic mass is 32.2. The monoisotopic (exact) mass is 276 g/mol. The standard InChI is InChI=1S/C11H20N2O2S2/c1-7(2)8(3)13-17(14,15)11-5-10(6-12)16-9(11)4/h5,7-8,13H,6,12H2,1-4H3. The normalized spacial score (nSPS) is 14.2. The van der Waals surface area contributed by atoms with Gasteiger partial charge >= 0.3 is 0 Å². The summed E-state index contributed by atoms with van der Waals surface area (Å²) in [6.45, 7) is 8.02. The van der Waals surface area contributed by atoms with Crippen molar-refractivity contribution in [3.8, 4) is 0 Å². The molecule has 1 atom stereocenters. The highest BCUT2D eigenvalue weighted by Gasteiger charge is 2.22. The lowest BCUT2D eigenvalue weighted by Crippen LogP contribution is -2.36. The van der Waals surface area contributed by atoms with Gasteiger partial charge in [0.05, 0.1) is 4.90 Å². The largest absolute Gasteiger partial charge is 0.326 e. The van der Waals surface area contributed by atoms with Crippen molar-refractivity contribution >= 4 is 21.4 Å². The molecule has 17 heavy (non-hydrogen) atoms. The molecule has 0 amide bonds. The van der Waals surface area contributed by atoms with Crippen LogP contribution in [-0.2, 0) is 16.6 Å². The van der Waals surface area contributed by atoms with Gasteiger partial charge in [-0.3, -0.25) is 0 Å². The van der Waals surface area contributed by atoms with Gasteiger partial charge in [-0.15, -0.1) is 11.3 Å². The van der Waals surface area contributed by atoms with Gasteiger partial charge in [-0.25, -0.2) is 13.1 Å². The fourth-order valence-electron chi connectivity index (χ4n) is 1.34. The first kappa shape index (κ1) is 14.6. The molecule has 1 rings (SSSR count). The second kappa shape index (κ2) is 5.48. The number of sulfonamides is 1. The summed E-state index contributed by atoms with van der Waals surface area (Å²) < 4.78 is 27.0. The summed E-state index contributed by atoms with van der Waals surface area (Å²) in [4.78, 5) is 2.03. The lowest BCUT2D eigenvalue weighted by molar-refractivity contribution is 0.476. The third kappa shape index (κ3) is 3.51. The minimum absolute atomic E-state index is 0.0828. The molecular formula is C11H20N2O2S2. The Morgan fingerprint density at radius 2 is 2.00 bits per heavy atom. The Hall–Kier alpha value is -0.430. The maximum Gasteiger partial charge on any atom is 0.241 e. The van der Waals surface area contributed by atoms with E-state index in [0.717, 1.165) is 9.75 Å². The van der Waals surface area contributed by atoms with Crippen LogP contribution < -0.4 is 10.5 Å². The van der Waals surface area contributed by atoms with Crippen LogP contribution in [-0.4, -0.2) is 14.5 Å². The van der Waals surface area contributed by atoms with E-state index in [1.165, 1.54) is 11.3 Å². The quantitative estimate of drug-likeness (QED) is 0.862. The summed E-state index contributed by atoms with van der Waals surface area (Å²) in [5.41, 5.74) is 5.52. The van der Waals surface area contributed by atoms with Crippen LogP contribution in [0.15, 0.2) is 11.0 Å². The summed E-state index contributed by atoms with van der Waals surface area (Å²) in [6, 6.07) is 1.58. The van der Waals surface area contributed by atoms with E-state index in [2.05, 4.69) is 4.72 Å². The van der Waals surface area contributed by atoms with Crippen LogP contribution >= 0.6 is 11.3 Å². The number of nitrogens with two attached hydrogens (primary N) is 1. The molecule has 0 spiro atoms. The topological polar surface area (TPSA) is 72.2 Å². The first-order valence-electron chi connectivity index (χ1n) is 5.59. The van der Waals surface area contributed by atoms with Crippen LogP contribution in [0.25, 0.3) is 0 Å². The van der Waals surface area contributed by atoms with Crippen LogP contribution in [0.2, 0.25) is 0 Å². The highest BCUT2D eigenvalue weighted by molar-refractivity contribution is 7.89. The van der Waals surface area contributed by atoms with Crippen molar-refractivity contribution in [2.45, 2.75) is 45.2 Å². The lowest BCUT2D eigenvalue weighted by atomic mass is 10.1. The van der Waals surface area contributed by atoms with Gasteiger partial charge in [-0.05, 0) is 25.8 Å². The average Bonchev–Trinajstić information content (AvgIpc) is 2.59. The maximum atomic E-state index is 12.2. The fourth-order valence-corrected chi connectivity index (χ4v) is 4.24. The Bertz CT molecular complexity index is 478. The Kier molecular flexibility index (Phi) is 4.71. The van der Waals surface area contributed by atoms with Crippen molar-refractivity contribution in [3.05, 3.63) is 15.8 Å². The van der Waals surface area contributed by atoms with E-state index < -0.39 is 10.0 Å². The van der Waals surface area contributed by atoms with Crippen molar-refractivity contribution in [2.24, 2.45) is 11.7 Å². The highest BCUT2D eigenvalue weighted by Crippen LogP contribution is 2.25. The Morgan fingerprint density at radius 3 is 2.41 bits per heavy atom. The van der Waals surface area contributed by atoms with Gasteiger partial charge in [0, 0.05) is 22.3 Å². The molecule has 98 valence electrons. The summed E-state index contributed by atoms with van der Waals surface area (Å²) in [6.07, 6.45) is 0. The number of rotatable bonds is 5. The molecule has 1 unspecified atom stereocenters. The van der Waals surface area contributed by atoms with Crippen LogP contribution in [0.4, 0.5) is 0 Å². The molecule has 0 saturated carbocycles. The number of hydrogen-bond acceptors (Lipinski definition) is 4. The van der Waals surface area contributed by atoms with Crippen LogP contribution in [0.3, 0.4) is 0 Å². The molecule has 1 aromatic rings. The molecule has 1 heterocycles. The van der Waals surface area contributed by atoms with E-state index in [9.17, 15) is 8.42 Å².